The van der Waals surface area contributed by atoms with Crippen molar-refractivity contribution in [2.75, 3.05) is 36.8 Å². The zero-order chi connectivity index (χ0) is 20.8. The summed E-state index contributed by atoms with van der Waals surface area (Å²) >= 11 is 3.23. The van der Waals surface area contributed by atoms with Crippen LogP contribution in [-0.2, 0) is 4.79 Å². The summed E-state index contributed by atoms with van der Waals surface area (Å²) in [6.07, 6.45) is 0. The van der Waals surface area contributed by atoms with Crippen LogP contribution in [0.3, 0.4) is 0 Å². The van der Waals surface area contributed by atoms with Gasteiger partial charge in [-0.3, -0.25) is 9.59 Å². The SMILES string of the molecule is CC(=O)c1cc2c(s1)SCC1C(C(=O)N3CCN(c4ccc(F)cc4)CC3)=NNC21. The van der Waals surface area contributed by atoms with E-state index < -0.39 is 0 Å². The van der Waals surface area contributed by atoms with Crippen LogP contribution in [0.15, 0.2) is 39.6 Å². The van der Waals surface area contributed by atoms with Crippen LogP contribution in [0.2, 0.25) is 0 Å². The third-order valence-electron chi connectivity index (χ3n) is 5.86. The van der Waals surface area contributed by atoms with Crippen molar-refractivity contribution >= 4 is 46.2 Å². The van der Waals surface area contributed by atoms with E-state index in [-0.39, 0.29) is 29.5 Å². The summed E-state index contributed by atoms with van der Waals surface area (Å²) < 4.78 is 14.3. The molecule has 3 aliphatic heterocycles. The van der Waals surface area contributed by atoms with Crippen LogP contribution in [0.4, 0.5) is 10.1 Å². The number of nitrogens with zero attached hydrogens (tertiary/aromatic N) is 3. The Morgan fingerprint density at radius 2 is 1.90 bits per heavy atom. The van der Waals surface area contributed by atoms with Gasteiger partial charge in [0, 0.05) is 49.1 Å². The fraction of sp³-hybridized carbons (Fsp3) is 0.381. The monoisotopic (exact) mass is 444 g/mol. The number of hydrogen-bond acceptors (Lipinski definition) is 7. The summed E-state index contributed by atoms with van der Waals surface area (Å²) in [5, 5.41) is 4.42. The number of Topliss-reactive ketones (excluding diaryl/α,β-unsaturated/α-hetero) is 1. The third kappa shape index (κ3) is 3.39. The minimum absolute atomic E-state index is 0.0135. The molecule has 3 aliphatic rings. The van der Waals surface area contributed by atoms with Gasteiger partial charge in [0.15, 0.2) is 5.78 Å². The summed E-state index contributed by atoms with van der Waals surface area (Å²) in [6.45, 7) is 4.21. The van der Waals surface area contributed by atoms with Gasteiger partial charge in [-0.25, -0.2) is 4.39 Å². The number of ketones is 1. The van der Waals surface area contributed by atoms with E-state index in [4.69, 9.17) is 0 Å². The van der Waals surface area contributed by atoms with Crippen LogP contribution in [-0.4, -0.2) is 54.2 Å². The van der Waals surface area contributed by atoms with Crippen LogP contribution in [0.25, 0.3) is 0 Å². The van der Waals surface area contributed by atoms with E-state index >= 15 is 0 Å². The number of hydrogen-bond donors (Lipinski definition) is 1. The number of amides is 1. The van der Waals surface area contributed by atoms with Crippen molar-refractivity contribution in [1.82, 2.24) is 10.3 Å². The Balaban J connectivity index is 1.25. The summed E-state index contributed by atoms with van der Waals surface area (Å²) in [5.41, 5.74) is 5.79. The third-order valence-corrected chi connectivity index (χ3v) is 8.53. The highest BCUT2D eigenvalue weighted by Crippen LogP contribution is 2.46. The Bertz CT molecular complexity index is 1030. The lowest BCUT2D eigenvalue weighted by Gasteiger charge is -2.36. The first-order valence-corrected chi connectivity index (χ1v) is 11.7. The van der Waals surface area contributed by atoms with Gasteiger partial charge in [0.1, 0.15) is 11.5 Å². The smallest absolute Gasteiger partial charge is 0.270 e. The summed E-state index contributed by atoms with van der Waals surface area (Å²) in [7, 11) is 0. The second-order valence-electron chi connectivity index (χ2n) is 7.69. The minimum atomic E-state index is -0.247. The Morgan fingerprint density at radius 3 is 2.60 bits per heavy atom. The number of fused-ring (bicyclic) bond motifs is 3. The molecule has 2 unspecified atom stereocenters. The summed E-state index contributed by atoms with van der Waals surface area (Å²) in [5.74, 6) is 0.603. The quantitative estimate of drug-likeness (QED) is 0.737. The Hall–Kier alpha value is -2.39. The maximum Gasteiger partial charge on any atom is 0.270 e. The van der Waals surface area contributed by atoms with Crippen LogP contribution in [0.1, 0.15) is 28.2 Å². The van der Waals surface area contributed by atoms with Gasteiger partial charge >= 0.3 is 0 Å². The molecule has 2 atom stereocenters. The van der Waals surface area contributed by atoms with Crippen molar-refractivity contribution in [3.05, 3.63) is 46.6 Å². The number of carbonyl (C=O) groups is 2. The highest BCUT2D eigenvalue weighted by molar-refractivity contribution is 8.01. The molecule has 0 spiro atoms. The lowest BCUT2D eigenvalue weighted by atomic mass is 9.92. The summed E-state index contributed by atoms with van der Waals surface area (Å²) in [6, 6.07) is 8.38. The first-order valence-electron chi connectivity index (χ1n) is 9.91. The lowest BCUT2D eigenvalue weighted by molar-refractivity contribution is -0.124. The van der Waals surface area contributed by atoms with Gasteiger partial charge in [-0.1, -0.05) is 0 Å². The van der Waals surface area contributed by atoms with E-state index in [1.165, 1.54) is 23.5 Å². The van der Waals surface area contributed by atoms with Crippen molar-refractivity contribution in [1.29, 1.82) is 0 Å². The molecule has 6 nitrogen and oxygen atoms in total. The Morgan fingerprint density at radius 1 is 1.17 bits per heavy atom. The number of benzene rings is 1. The second kappa shape index (κ2) is 7.70. The maximum atomic E-state index is 13.2. The molecule has 2 aromatic rings. The molecule has 5 rings (SSSR count). The van der Waals surface area contributed by atoms with Crippen LogP contribution in [0, 0.1) is 11.7 Å². The molecule has 0 aliphatic carbocycles. The standard InChI is InChI=1S/C21H21FN4O2S2/c1-12(27)17-10-15-18-16(11-29-21(15)30-17)19(24-23-18)20(28)26-8-6-25(7-9-26)14-4-2-13(22)3-5-14/h2-5,10,16,18,23H,6-9,11H2,1H3. The number of carbonyl (C=O) groups excluding carboxylic acids is 2. The van der Waals surface area contributed by atoms with Crippen molar-refractivity contribution < 1.29 is 14.0 Å². The molecule has 156 valence electrons. The van der Waals surface area contributed by atoms with E-state index in [1.54, 1.807) is 30.8 Å². The average Bonchev–Trinajstić information content (AvgIpc) is 3.38. The van der Waals surface area contributed by atoms with Gasteiger partial charge in [-0.05, 0) is 37.3 Å². The highest BCUT2D eigenvalue weighted by Gasteiger charge is 2.43. The van der Waals surface area contributed by atoms with Crippen LogP contribution in [0.5, 0.6) is 0 Å². The predicted octanol–water partition coefficient (Wildman–Crippen LogP) is 3.16. The maximum absolute atomic E-state index is 13.2. The molecule has 1 aromatic carbocycles. The zero-order valence-electron chi connectivity index (χ0n) is 16.4. The number of nitrogens with one attached hydrogen (secondary N) is 1. The molecule has 0 saturated carbocycles. The largest absolute Gasteiger partial charge is 0.368 e. The molecule has 1 saturated heterocycles. The van der Waals surface area contributed by atoms with Crippen LogP contribution >= 0.6 is 23.1 Å². The van der Waals surface area contributed by atoms with Gasteiger partial charge in [0.25, 0.3) is 5.91 Å². The van der Waals surface area contributed by atoms with Gasteiger partial charge < -0.3 is 15.2 Å². The number of rotatable bonds is 3. The van der Waals surface area contributed by atoms with Crippen molar-refractivity contribution in [2.45, 2.75) is 17.2 Å². The molecular formula is C21H21FN4O2S2. The van der Waals surface area contributed by atoms with E-state index in [9.17, 15) is 14.0 Å². The number of halogens is 1. The number of thiophene rings is 1. The Labute approximate surface area is 182 Å². The van der Waals surface area contributed by atoms with E-state index in [0.29, 0.717) is 31.9 Å². The molecule has 30 heavy (non-hydrogen) atoms. The predicted molar refractivity (Wildman–Crippen MR) is 117 cm³/mol. The van der Waals surface area contributed by atoms with Crippen molar-refractivity contribution in [3.63, 3.8) is 0 Å². The molecule has 9 heteroatoms. The first-order chi connectivity index (χ1) is 14.5. The number of anilines is 1. The van der Waals surface area contributed by atoms with Gasteiger partial charge in [0.05, 0.1) is 15.1 Å². The van der Waals surface area contributed by atoms with Gasteiger partial charge in [0.2, 0.25) is 0 Å². The molecular weight excluding hydrogens is 423 g/mol. The van der Waals surface area contributed by atoms with Gasteiger partial charge in [-0.2, -0.15) is 5.10 Å². The number of thioether (sulfide) groups is 1. The zero-order valence-corrected chi connectivity index (χ0v) is 18.1. The normalized spacial score (nSPS) is 22.8. The lowest BCUT2D eigenvalue weighted by Crippen LogP contribution is -2.51. The first kappa shape index (κ1) is 19.6. The molecule has 1 N–H and O–H groups in total. The molecule has 1 aromatic heterocycles. The minimum Gasteiger partial charge on any atom is -0.368 e. The summed E-state index contributed by atoms with van der Waals surface area (Å²) in [4.78, 5) is 29.7. The average molecular weight is 445 g/mol. The molecule has 1 amide bonds. The van der Waals surface area contributed by atoms with E-state index in [1.807, 2.05) is 11.0 Å². The number of piperazine rings is 1. The fourth-order valence-electron chi connectivity index (χ4n) is 4.18. The van der Waals surface area contributed by atoms with Crippen LogP contribution < -0.4 is 10.3 Å². The molecule has 0 bridgehead atoms. The number of hydrazone groups is 1. The molecule has 1 fully saturated rings. The fourth-order valence-corrected chi connectivity index (χ4v) is 6.75. The molecule has 4 heterocycles. The van der Waals surface area contributed by atoms with Gasteiger partial charge in [-0.15, -0.1) is 23.1 Å². The van der Waals surface area contributed by atoms with E-state index in [2.05, 4.69) is 15.4 Å². The highest BCUT2D eigenvalue weighted by atomic mass is 32.2. The second-order valence-corrected chi connectivity index (χ2v) is 10.0. The Kier molecular flexibility index (Phi) is 5.02. The topological polar surface area (TPSA) is 65.0 Å². The van der Waals surface area contributed by atoms with E-state index in [0.717, 1.165) is 26.1 Å². The van der Waals surface area contributed by atoms with Crippen molar-refractivity contribution in [3.8, 4) is 0 Å². The molecule has 0 radical (unpaired) electrons. The van der Waals surface area contributed by atoms with Crippen molar-refractivity contribution in [2.24, 2.45) is 11.0 Å².